The predicted molar refractivity (Wildman–Crippen MR) is 90.2 cm³/mol. The number of hydrogen-bond donors (Lipinski definition) is 1. The molecule has 0 bridgehead atoms. The SMILES string of the molecule is CCNCC(CCC(C)(C)OC)Cc1ccccc1Br. The van der Waals surface area contributed by atoms with E-state index in [0.717, 1.165) is 25.9 Å². The highest BCUT2D eigenvalue weighted by Gasteiger charge is 2.19. The van der Waals surface area contributed by atoms with Crippen molar-refractivity contribution in [3.8, 4) is 0 Å². The van der Waals surface area contributed by atoms with Crippen LogP contribution in [0.2, 0.25) is 0 Å². The van der Waals surface area contributed by atoms with Crippen LogP contribution >= 0.6 is 15.9 Å². The van der Waals surface area contributed by atoms with Crippen LogP contribution in [-0.4, -0.2) is 25.8 Å². The Bertz CT molecular complexity index is 392. The average molecular weight is 342 g/mol. The van der Waals surface area contributed by atoms with Crippen LogP contribution < -0.4 is 5.32 Å². The molecule has 1 atom stereocenters. The lowest BCUT2D eigenvalue weighted by Gasteiger charge is -2.26. The van der Waals surface area contributed by atoms with Crippen molar-refractivity contribution in [1.29, 1.82) is 0 Å². The highest BCUT2D eigenvalue weighted by atomic mass is 79.9. The first kappa shape index (κ1) is 17.7. The van der Waals surface area contributed by atoms with E-state index in [4.69, 9.17) is 4.74 Å². The number of methoxy groups -OCH3 is 1. The van der Waals surface area contributed by atoms with Crippen LogP contribution in [0.4, 0.5) is 0 Å². The molecule has 0 aliphatic rings. The summed E-state index contributed by atoms with van der Waals surface area (Å²) in [6.45, 7) is 8.58. The Kier molecular flexibility index (Phi) is 7.78. The molecule has 0 fully saturated rings. The van der Waals surface area contributed by atoms with Crippen molar-refractivity contribution in [3.63, 3.8) is 0 Å². The first-order valence-electron chi connectivity index (χ1n) is 7.47. The number of benzene rings is 1. The Morgan fingerprint density at radius 2 is 2.00 bits per heavy atom. The summed E-state index contributed by atoms with van der Waals surface area (Å²) in [6, 6.07) is 8.52. The molecule has 0 saturated heterocycles. The molecule has 0 aromatic heterocycles. The zero-order chi connectivity index (χ0) is 15.0. The van der Waals surface area contributed by atoms with E-state index >= 15 is 0 Å². The third kappa shape index (κ3) is 6.38. The fourth-order valence-corrected chi connectivity index (χ4v) is 2.70. The minimum absolute atomic E-state index is 0.0294. The normalized spacial score (nSPS) is 13.4. The maximum absolute atomic E-state index is 5.54. The van der Waals surface area contributed by atoms with Gasteiger partial charge in [0.05, 0.1) is 5.60 Å². The maximum Gasteiger partial charge on any atom is 0.0622 e. The quantitative estimate of drug-likeness (QED) is 0.717. The van der Waals surface area contributed by atoms with Gasteiger partial charge < -0.3 is 10.1 Å². The fraction of sp³-hybridized carbons (Fsp3) is 0.647. The molecule has 0 amide bonds. The molecule has 0 spiro atoms. The first-order chi connectivity index (χ1) is 9.48. The maximum atomic E-state index is 5.54. The van der Waals surface area contributed by atoms with Crippen LogP contribution in [-0.2, 0) is 11.2 Å². The molecule has 1 rings (SSSR count). The van der Waals surface area contributed by atoms with Gasteiger partial charge in [-0.3, -0.25) is 0 Å². The second-order valence-corrected chi connectivity index (χ2v) is 6.83. The lowest BCUT2D eigenvalue weighted by molar-refractivity contribution is 0.0104. The number of halogens is 1. The monoisotopic (exact) mass is 341 g/mol. The lowest BCUT2D eigenvalue weighted by Crippen LogP contribution is -2.28. The van der Waals surface area contributed by atoms with Crippen molar-refractivity contribution in [1.82, 2.24) is 5.32 Å². The number of nitrogens with one attached hydrogen (secondary N) is 1. The van der Waals surface area contributed by atoms with Gasteiger partial charge in [0.1, 0.15) is 0 Å². The number of hydrogen-bond acceptors (Lipinski definition) is 2. The molecule has 1 N–H and O–H groups in total. The van der Waals surface area contributed by atoms with E-state index in [0.29, 0.717) is 5.92 Å². The molecule has 2 nitrogen and oxygen atoms in total. The molecule has 20 heavy (non-hydrogen) atoms. The number of rotatable bonds is 9. The van der Waals surface area contributed by atoms with E-state index in [-0.39, 0.29) is 5.60 Å². The minimum Gasteiger partial charge on any atom is -0.379 e. The lowest BCUT2D eigenvalue weighted by atomic mass is 9.90. The van der Waals surface area contributed by atoms with Gasteiger partial charge in [-0.15, -0.1) is 0 Å². The largest absolute Gasteiger partial charge is 0.379 e. The highest BCUT2D eigenvalue weighted by Crippen LogP contribution is 2.24. The molecule has 1 aromatic rings. The van der Waals surface area contributed by atoms with E-state index in [1.807, 2.05) is 0 Å². The molecule has 114 valence electrons. The Morgan fingerprint density at radius 1 is 1.30 bits per heavy atom. The molecule has 0 saturated carbocycles. The third-order valence-electron chi connectivity index (χ3n) is 3.86. The summed E-state index contributed by atoms with van der Waals surface area (Å²) in [5.74, 6) is 0.642. The van der Waals surface area contributed by atoms with Crippen LogP contribution in [0.15, 0.2) is 28.7 Å². The Balaban J connectivity index is 2.62. The van der Waals surface area contributed by atoms with Crippen LogP contribution in [0, 0.1) is 5.92 Å². The molecule has 0 radical (unpaired) electrons. The number of ether oxygens (including phenoxy) is 1. The second-order valence-electron chi connectivity index (χ2n) is 5.97. The van der Waals surface area contributed by atoms with Crippen molar-refractivity contribution in [2.24, 2.45) is 5.92 Å². The van der Waals surface area contributed by atoms with Gasteiger partial charge in [-0.05, 0) is 63.7 Å². The summed E-state index contributed by atoms with van der Waals surface area (Å²) in [4.78, 5) is 0. The van der Waals surface area contributed by atoms with E-state index in [1.54, 1.807) is 7.11 Å². The smallest absolute Gasteiger partial charge is 0.0622 e. The summed E-state index contributed by atoms with van der Waals surface area (Å²) < 4.78 is 6.75. The van der Waals surface area contributed by atoms with E-state index < -0.39 is 0 Å². The van der Waals surface area contributed by atoms with E-state index in [9.17, 15) is 0 Å². The minimum atomic E-state index is -0.0294. The van der Waals surface area contributed by atoms with E-state index in [1.165, 1.54) is 16.5 Å². The van der Waals surface area contributed by atoms with Crippen LogP contribution in [0.1, 0.15) is 39.2 Å². The molecule has 3 heteroatoms. The van der Waals surface area contributed by atoms with E-state index in [2.05, 4.69) is 66.3 Å². The van der Waals surface area contributed by atoms with Crippen LogP contribution in [0.5, 0.6) is 0 Å². The van der Waals surface area contributed by atoms with Crippen LogP contribution in [0.3, 0.4) is 0 Å². The fourth-order valence-electron chi connectivity index (χ4n) is 2.25. The Labute approximate surface area is 132 Å². The molecule has 0 aliphatic heterocycles. The van der Waals surface area contributed by atoms with Gasteiger partial charge >= 0.3 is 0 Å². The molecule has 0 heterocycles. The van der Waals surface area contributed by atoms with Gasteiger partial charge in [0, 0.05) is 11.6 Å². The van der Waals surface area contributed by atoms with Gasteiger partial charge in [0.25, 0.3) is 0 Å². The van der Waals surface area contributed by atoms with Crippen LogP contribution in [0.25, 0.3) is 0 Å². The van der Waals surface area contributed by atoms with Crippen molar-refractivity contribution in [3.05, 3.63) is 34.3 Å². The van der Waals surface area contributed by atoms with Crippen molar-refractivity contribution in [2.75, 3.05) is 20.2 Å². The second kappa shape index (κ2) is 8.81. The molecular weight excluding hydrogens is 314 g/mol. The summed E-state index contributed by atoms with van der Waals surface area (Å²) in [6.07, 6.45) is 3.37. The zero-order valence-electron chi connectivity index (χ0n) is 13.2. The summed E-state index contributed by atoms with van der Waals surface area (Å²) >= 11 is 3.65. The summed E-state index contributed by atoms with van der Waals surface area (Å²) in [5.41, 5.74) is 1.36. The van der Waals surface area contributed by atoms with Crippen molar-refractivity contribution < 1.29 is 4.74 Å². The molecule has 1 aromatic carbocycles. The van der Waals surface area contributed by atoms with Gasteiger partial charge in [-0.25, -0.2) is 0 Å². The average Bonchev–Trinajstić information content (AvgIpc) is 2.44. The van der Waals surface area contributed by atoms with Gasteiger partial charge in [0.15, 0.2) is 0 Å². The van der Waals surface area contributed by atoms with Gasteiger partial charge in [0.2, 0.25) is 0 Å². The van der Waals surface area contributed by atoms with Crippen molar-refractivity contribution in [2.45, 2.75) is 45.6 Å². The zero-order valence-corrected chi connectivity index (χ0v) is 14.8. The highest BCUT2D eigenvalue weighted by molar-refractivity contribution is 9.10. The Hall–Kier alpha value is -0.380. The Morgan fingerprint density at radius 3 is 2.60 bits per heavy atom. The topological polar surface area (TPSA) is 21.3 Å². The predicted octanol–water partition coefficient (Wildman–Crippen LogP) is 4.42. The third-order valence-corrected chi connectivity index (χ3v) is 4.63. The molecule has 0 aliphatic carbocycles. The summed E-state index contributed by atoms with van der Waals surface area (Å²) in [7, 11) is 1.80. The van der Waals surface area contributed by atoms with Gasteiger partial charge in [-0.1, -0.05) is 41.1 Å². The first-order valence-corrected chi connectivity index (χ1v) is 8.27. The molecular formula is C17H28BrNO. The van der Waals surface area contributed by atoms with Crippen molar-refractivity contribution >= 4 is 15.9 Å². The standard InChI is InChI=1S/C17H28BrNO/c1-5-19-13-14(10-11-17(2,3)20-4)12-15-8-6-7-9-16(15)18/h6-9,14,19H,5,10-13H2,1-4H3. The summed E-state index contributed by atoms with van der Waals surface area (Å²) in [5, 5.41) is 3.49. The molecule has 1 unspecified atom stereocenters. The van der Waals surface area contributed by atoms with Gasteiger partial charge in [-0.2, -0.15) is 0 Å².